The summed E-state index contributed by atoms with van der Waals surface area (Å²) in [5.41, 5.74) is 0. The van der Waals surface area contributed by atoms with Gasteiger partial charge in [0.25, 0.3) is 5.91 Å². The lowest BCUT2D eigenvalue weighted by atomic mass is 10.2. The first kappa shape index (κ1) is 16.4. The topological polar surface area (TPSA) is 88.0 Å². The molecule has 0 spiro atoms. The summed E-state index contributed by atoms with van der Waals surface area (Å²) in [5.74, 6) is -0.213. The van der Waals surface area contributed by atoms with Crippen molar-refractivity contribution < 1.29 is 19.4 Å². The van der Waals surface area contributed by atoms with Crippen molar-refractivity contribution in [1.29, 1.82) is 0 Å². The zero-order chi connectivity index (χ0) is 16.1. The zero-order valence-corrected chi connectivity index (χ0v) is 13.1. The maximum Gasteiger partial charge on any atom is 0.326 e. The second kappa shape index (κ2) is 7.31. The number of methoxy groups -OCH3 is 1. The van der Waals surface area contributed by atoms with Crippen molar-refractivity contribution in [1.82, 2.24) is 5.32 Å². The molecule has 0 aromatic heterocycles. The molecule has 22 heavy (non-hydrogen) atoms. The predicted octanol–water partition coefficient (Wildman–Crippen LogP) is -0.0366. The number of nitrogens with one attached hydrogen (secondary N) is 1. The normalized spacial score (nSPS) is 14.5. The first-order chi connectivity index (χ1) is 10.5. The van der Waals surface area contributed by atoms with Crippen molar-refractivity contribution in [2.24, 2.45) is 4.99 Å². The van der Waals surface area contributed by atoms with E-state index in [-0.39, 0.29) is 6.04 Å². The molecule has 1 aromatic carbocycles. The highest BCUT2D eigenvalue weighted by atomic mass is 32.2. The van der Waals surface area contributed by atoms with Crippen LogP contribution in [0.5, 0.6) is 5.75 Å². The molecule has 1 atom stereocenters. The number of carboxylic acids is 1. The van der Waals surface area contributed by atoms with Gasteiger partial charge < -0.3 is 15.2 Å². The molecule has 2 N–H and O–H groups in total. The van der Waals surface area contributed by atoms with Crippen molar-refractivity contribution >= 4 is 29.7 Å². The van der Waals surface area contributed by atoms with Crippen LogP contribution in [0.3, 0.4) is 0 Å². The molecule has 0 fully saturated rings. The molecule has 117 valence electrons. The van der Waals surface area contributed by atoms with E-state index in [1.807, 2.05) is 6.26 Å². The highest BCUT2D eigenvalue weighted by Crippen LogP contribution is 2.11. The second-order valence-corrected chi connectivity index (χ2v) is 5.70. The van der Waals surface area contributed by atoms with Crippen molar-refractivity contribution in [2.75, 3.05) is 19.1 Å². The van der Waals surface area contributed by atoms with Gasteiger partial charge in [0.15, 0.2) is 6.04 Å². The maximum atomic E-state index is 12.2. The number of thioether (sulfide) groups is 1. The van der Waals surface area contributed by atoms with Crippen LogP contribution in [0, 0.1) is 6.04 Å². The molecular formula is C15H17N2O4S. The average Bonchev–Trinajstić information content (AvgIpc) is 2.93. The van der Waals surface area contributed by atoms with E-state index in [2.05, 4.69) is 10.3 Å². The molecule has 1 aliphatic heterocycles. The number of carbonyl (C=O) groups excluding carboxylic acids is 1. The van der Waals surface area contributed by atoms with Crippen LogP contribution >= 0.6 is 11.8 Å². The molecule has 1 heterocycles. The quantitative estimate of drug-likeness (QED) is 0.736. The smallest absolute Gasteiger partial charge is 0.326 e. The summed E-state index contributed by atoms with van der Waals surface area (Å²) in [5, 5.41) is 13.1. The second-order valence-electron chi connectivity index (χ2n) is 4.71. The molecule has 1 aromatic rings. The highest BCUT2D eigenvalue weighted by Gasteiger charge is 2.25. The van der Waals surface area contributed by atoms with Crippen LogP contribution in [0.15, 0.2) is 23.2 Å². The first-order valence-electron chi connectivity index (χ1n) is 6.69. The minimum Gasteiger partial charge on any atom is -0.497 e. The van der Waals surface area contributed by atoms with Crippen LogP contribution < -0.4 is 20.6 Å². The Balaban J connectivity index is 2.10. The number of hydrogen-bond donors (Lipinski definition) is 2. The minimum atomic E-state index is -1.04. The van der Waals surface area contributed by atoms with Gasteiger partial charge in [-0.25, -0.2) is 4.79 Å². The number of rotatable bonds is 7. The van der Waals surface area contributed by atoms with Crippen LogP contribution in [-0.4, -0.2) is 42.1 Å². The fourth-order valence-corrected chi connectivity index (χ4v) is 2.49. The standard InChI is InChI=1S/C15H17N2O4S/c1-21-10-4-3-9-7-13(16-12(9)8-10)14(18)17-11(15(19)20)5-6-22-2/h3-4,7-8,11H,5-6H2,1-2H3,(H,17,18)(H,19,20). The van der Waals surface area contributed by atoms with Crippen LogP contribution in [0.2, 0.25) is 0 Å². The molecule has 0 saturated carbocycles. The summed E-state index contributed by atoms with van der Waals surface area (Å²) >= 11 is 1.53. The van der Waals surface area contributed by atoms with Crippen LogP contribution in [0.25, 0.3) is 6.08 Å². The van der Waals surface area contributed by atoms with Gasteiger partial charge in [0.05, 0.1) is 12.5 Å². The zero-order valence-electron chi connectivity index (χ0n) is 12.3. The third kappa shape index (κ3) is 3.79. The molecule has 2 rings (SSSR count). The van der Waals surface area contributed by atoms with Gasteiger partial charge in [0.1, 0.15) is 11.8 Å². The lowest BCUT2D eigenvalue weighted by Gasteiger charge is -2.14. The Morgan fingerprint density at radius 1 is 1.45 bits per heavy atom. The number of carbonyl (C=O) groups is 2. The molecular weight excluding hydrogens is 304 g/mol. The number of benzene rings is 1. The summed E-state index contributed by atoms with van der Waals surface area (Å²) in [6, 6.07) is 4.62. The van der Waals surface area contributed by atoms with E-state index < -0.39 is 17.9 Å². The molecule has 7 heteroatoms. The third-order valence-corrected chi connectivity index (χ3v) is 3.86. The highest BCUT2D eigenvalue weighted by molar-refractivity contribution is 7.98. The SMILES string of the molecule is COc1ccc2c(c1)=N[C](C(=O)NC(CCSC)C(=O)O)C=2. The number of nitrogens with zero attached hydrogens (tertiary/aromatic N) is 1. The van der Waals surface area contributed by atoms with Crippen molar-refractivity contribution in [3.8, 4) is 5.75 Å². The van der Waals surface area contributed by atoms with Gasteiger partial charge in [0, 0.05) is 6.07 Å². The lowest BCUT2D eigenvalue weighted by Crippen LogP contribution is -2.42. The Bertz CT molecular complexity index is 689. The number of aliphatic carboxylic acids is 1. The molecule has 1 aliphatic rings. The van der Waals surface area contributed by atoms with Gasteiger partial charge >= 0.3 is 5.97 Å². The predicted molar refractivity (Wildman–Crippen MR) is 84.0 cm³/mol. The molecule has 1 amide bonds. The molecule has 1 unspecified atom stereocenters. The molecule has 0 aliphatic carbocycles. The van der Waals surface area contributed by atoms with Gasteiger partial charge in [-0.2, -0.15) is 11.8 Å². The summed E-state index contributed by atoms with van der Waals surface area (Å²) in [4.78, 5) is 27.6. The van der Waals surface area contributed by atoms with Gasteiger partial charge in [-0.3, -0.25) is 9.79 Å². The van der Waals surface area contributed by atoms with Crippen LogP contribution in [-0.2, 0) is 9.59 Å². The Morgan fingerprint density at radius 2 is 2.23 bits per heavy atom. The molecule has 6 nitrogen and oxygen atoms in total. The van der Waals surface area contributed by atoms with E-state index in [0.29, 0.717) is 23.3 Å². The lowest BCUT2D eigenvalue weighted by molar-refractivity contribution is -0.141. The van der Waals surface area contributed by atoms with Gasteiger partial charge in [-0.05, 0) is 41.9 Å². The van der Waals surface area contributed by atoms with E-state index in [9.17, 15) is 9.59 Å². The van der Waals surface area contributed by atoms with Crippen LogP contribution in [0.1, 0.15) is 6.42 Å². The van der Waals surface area contributed by atoms with E-state index >= 15 is 0 Å². The molecule has 0 bridgehead atoms. The number of hydrogen-bond acceptors (Lipinski definition) is 5. The number of amides is 1. The van der Waals surface area contributed by atoms with Crippen molar-refractivity contribution in [2.45, 2.75) is 12.5 Å². The van der Waals surface area contributed by atoms with E-state index in [1.165, 1.54) is 11.8 Å². The summed E-state index contributed by atoms with van der Waals surface area (Å²) in [6.07, 6.45) is 3.90. The third-order valence-electron chi connectivity index (χ3n) is 3.22. The fourth-order valence-electron chi connectivity index (χ4n) is 2.02. The van der Waals surface area contributed by atoms with Gasteiger partial charge in [0.2, 0.25) is 0 Å². The van der Waals surface area contributed by atoms with E-state index in [0.717, 1.165) is 5.22 Å². The largest absolute Gasteiger partial charge is 0.497 e. The van der Waals surface area contributed by atoms with E-state index in [1.54, 1.807) is 31.4 Å². The summed E-state index contributed by atoms with van der Waals surface area (Å²) < 4.78 is 5.11. The first-order valence-corrected chi connectivity index (χ1v) is 8.08. The fraction of sp³-hybridized carbons (Fsp3) is 0.333. The monoisotopic (exact) mass is 321 g/mol. The van der Waals surface area contributed by atoms with Crippen molar-refractivity contribution in [3.63, 3.8) is 0 Å². The summed E-state index contributed by atoms with van der Waals surface area (Å²) in [6.45, 7) is 0. The van der Waals surface area contributed by atoms with E-state index in [4.69, 9.17) is 9.84 Å². The molecule has 1 radical (unpaired) electrons. The minimum absolute atomic E-state index is 0.207. The number of ether oxygens (including phenoxy) is 1. The Morgan fingerprint density at radius 3 is 2.86 bits per heavy atom. The van der Waals surface area contributed by atoms with Crippen LogP contribution in [0.4, 0.5) is 0 Å². The Labute approximate surface area is 132 Å². The average molecular weight is 321 g/mol. The summed E-state index contributed by atoms with van der Waals surface area (Å²) in [7, 11) is 1.56. The maximum absolute atomic E-state index is 12.2. The molecule has 0 saturated heterocycles. The number of carboxylic acid groups (broad SMARTS) is 1. The Kier molecular flexibility index (Phi) is 5.43. The number of fused-ring (bicyclic) bond motifs is 1. The van der Waals surface area contributed by atoms with Gasteiger partial charge in [-0.15, -0.1) is 0 Å². The van der Waals surface area contributed by atoms with Gasteiger partial charge in [-0.1, -0.05) is 0 Å². The Hall–Kier alpha value is -2.02. The van der Waals surface area contributed by atoms with Crippen molar-refractivity contribution in [3.05, 3.63) is 34.8 Å².